The Morgan fingerprint density at radius 1 is 1.18 bits per heavy atom. The second-order valence-electron chi connectivity index (χ2n) is 5.26. The Balaban J connectivity index is 1.65. The van der Waals surface area contributed by atoms with E-state index in [4.69, 9.17) is 0 Å². The van der Waals surface area contributed by atoms with Crippen molar-refractivity contribution in [3.63, 3.8) is 0 Å². The van der Waals surface area contributed by atoms with E-state index < -0.39 is 0 Å². The zero-order valence-corrected chi connectivity index (χ0v) is 11.8. The molecule has 1 aromatic rings. The maximum absolute atomic E-state index is 12.1. The van der Waals surface area contributed by atoms with Gasteiger partial charge in [-0.3, -0.25) is 4.79 Å². The van der Waals surface area contributed by atoms with E-state index >= 15 is 0 Å². The molecule has 2 bridgehead atoms. The van der Waals surface area contributed by atoms with Crippen LogP contribution >= 0.6 is 22.6 Å². The summed E-state index contributed by atoms with van der Waals surface area (Å²) in [5.74, 6) is 1.72. The first kappa shape index (κ1) is 11.5. The van der Waals surface area contributed by atoms with Crippen molar-refractivity contribution in [3.8, 4) is 0 Å². The fourth-order valence-electron chi connectivity index (χ4n) is 3.27. The van der Waals surface area contributed by atoms with E-state index in [-0.39, 0.29) is 5.91 Å². The summed E-state index contributed by atoms with van der Waals surface area (Å²) in [4.78, 5) is 12.1. The summed E-state index contributed by atoms with van der Waals surface area (Å²) in [6, 6.07) is 8.21. The number of halogens is 1. The summed E-state index contributed by atoms with van der Waals surface area (Å²) >= 11 is 2.25. The van der Waals surface area contributed by atoms with Crippen LogP contribution < -0.4 is 5.32 Å². The SMILES string of the molecule is O=C(N[C@@H]1C[C@@H]2CC[C@@H]1C2)c1ccc(I)cc1. The van der Waals surface area contributed by atoms with E-state index in [2.05, 4.69) is 27.9 Å². The summed E-state index contributed by atoms with van der Waals surface area (Å²) in [5.41, 5.74) is 0.785. The minimum absolute atomic E-state index is 0.0963. The van der Waals surface area contributed by atoms with Crippen molar-refractivity contribution in [2.75, 3.05) is 0 Å². The monoisotopic (exact) mass is 341 g/mol. The zero-order chi connectivity index (χ0) is 11.8. The number of carbonyl (C=O) groups excluding carboxylic acids is 1. The molecule has 17 heavy (non-hydrogen) atoms. The Bertz CT molecular complexity index is 428. The van der Waals surface area contributed by atoms with Gasteiger partial charge in [-0.15, -0.1) is 0 Å². The van der Waals surface area contributed by atoms with Crippen molar-refractivity contribution in [1.82, 2.24) is 5.32 Å². The van der Waals surface area contributed by atoms with E-state index in [1.54, 1.807) is 0 Å². The van der Waals surface area contributed by atoms with Crippen LogP contribution in [0.25, 0.3) is 0 Å². The highest BCUT2D eigenvalue weighted by Crippen LogP contribution is 2.44. The Morgan fingerprint density at radius 3 is 2.53 bits per heavy atom. The maximum atomic E-state index is 12.1. The molecule has 0 aliphatic heterocycles. The lowest BCUT2D eigenvalue weighted by atomic mass is 9.95. The van der Waals surface area contributed by atoms with E-state index in [9.17, 15) is 4.79 Å². The lowest BCUT2D eigenvalue weighted by Crippen LogP contribution is -2.38. The normalized spacial score (nSPS) is 30.5. The molecule has 2 nitrogen and oxygen atoms in total. The molecule has 2 aliphatic rings. The lowest BCUT2D eigenvalue weighted by molar-refractivity contribution is 0.0923. The maximum Gasteiger partial charge on any atom is 0.251 e. The van der Waals surface area contributed by atoms with Crippen LogP contribution in [0.15, 0.2) is 24.3 Å². The second kappa shape index (κ2) is 4.59. The highest BCUT2D eigenvalue weighted by Gasteiger charge is 2.40. The first-order chi connectivity index (χ1) is 8.22. The third-order valence-corrected chi connectivity index (χ3v) is 4.88. The first-order valence-electron chi connectivity index (χ1n) is 6.29. The van der Waals surface area contributed by atoms with Gasteiger partial charge in [0, 0.05) is 15.2 Å². The molecular weight excluding hydrogens is 325 g/mol. The molecule has 2 saturated carbocycles. The molecule has 3 atom stereocenters. The van der Waals surface area contributed by atoms with Crippen LogP contribution in [0.5, 0.6) is 0 Å². The van der Waals surface area contributed by atoms with Crippen LogP contribution in [0.3, 0.4) is 0 Å². The predicted octanol–water partition coefficient (Wildman–Crippen LogP) is 3.21. The van der Waals surface area contributed by atoms with Crippen molar-refractivity contribution in [2.24, 2.45) is 11.8 Å². The van der Waals surface area contributed by atoms with Crippen molar-refractivity contribution in [2.45, 2.75) is 31.7 Å². The Kier molecular flexibility index (Phi) is 3.11. The number of rotatable bonds is 2. The van der Waals surface area contributed by atoms with Crippen molar-refractivity contribution in [1.29, 1.82) is 0 Å². The van der Waals surface area contributed by atoms with E-state index in [1.807, 2.05) is 24.3 Å². The van der Waals surface area contributed by atoms with Crippen LogP contribution in [-0.4, -0.2) is 11.9 Å². The molecule has 0 spiro atoms. The number of benzene rings is 1. The lowest BCUT2D eigenvalue weighted by Gasteiger charge is -2.22. The molecule has 3 rings (SSSR count). The summed E-state index contributed by atoms with van der Waals surface area (Å²) in [5, 5.41) is 3.20. The van der Waals surface area contributed by atoms with E-state index in [0.29, 0.717) is 6.04 Å². The average Bonchev–Trinajstić information content (AvgIpc) is 2.91. The van der Waals surface area contributed by atoms with Crippen molar-refractivity contribution >= 4 is 28.5 Å². The molecule has 2 aliphatic carbocycles. The third kappa shape index (κ3) is 2.34. The van der Waals surface area contributed by atoms with Gasteiger partial charge in [0.05, 0.1) is 0 Å². The van der Waals surface area contributed by atoms with Crippen LogP contribution in [0, 0.1) is 15.4 Å². The first-order valence-corrected chi connectivity index (χ1v) is 7.36. The molecule has 0 heterocycles. The number of carbonyl (C=O) groups is 1. The minimum Gasteiger partial charge on any atom is -0.349 e. The van der Waals surface area contributed by atoms with Crippen LogP contribution in [0.1, 0.15) is 36.0 Å². The van der Waals surface area contributed by atoms with Gasteiger partial charge in [0.1, 0.15) is 0 Å². The fourth-order valence-corrected chi connectivity index (χ4v) is 3.63. The fraction of sp³-hybridized carbons (Fsp3) is 0.500. The number of fused-ring (bicyclic) bond motifs is 2. The molecule has 1 N–H and O–H groups in total. The molecule has 0 aromatic heterocycles. The van der Waals surface area contributed by atoms with Gasteiger partial charge in [-0.2, -0.15) is 0 Å². The summed E-state index contributed by atoms with van der Waals surface area (Å²) in [6.07, 6.45) is 5.21. The Labute approximate surface area is 115 Å². The number of amides is 1. The Hall–Kier alpha value is -0.580. The van der Waals surface area contributed by atoms with Gasteiger partial charge in [-0.05, 0) is 78.0 Å². The van der Waals surface area contributed by atoms with Crippen LogP contribution in [0.4, 0.5) is 0 Å². The van der Waals surface area contributed by atoms with Gasteiger partial charge in [0.25, 0.3) is 5.91 Å². The second-order valence-corrected chi connectivity index (χ2v) is 6.51. The van der Waals surface area contributed by atoms with E-state index in [1.165, 1.54) is 29.3 Å². The van der Waals surface area contributed by atoms with E-state index in [0.717, 1.165) is 17.4 Å². The summed E-state index contributed by atoms with van der Waals surface area (Å²) in [7, 11) is 0. The van der Waals surface area contributed by atoms with Gasteiger partial charge in [-0.25, -0.2) is 0 Å². The van der Waals surface area contributed by atoms with Gasteiger partial charge in [0.2, 0.25) is 0 Å². The Morgan fingerprint density at radius 2 is 1.94 bits per heavy atom. The van der Waals surface area contributed by atoms with Crippen LogP contribution in [0.2, 0.25) is 0 Å². The molecule has 3 heteroatoms. The van der Waals surface area contributed by atoms with Gasteiger partial charge < -0.3 is 5.32 Å². The van der Waals surface area contributed by atoms with Crippen molar-refractivity contribution < 1.29 is 4.79 Å². The minimum atomic E-state index is 0.0963. The third-order valence-electron chi connectivity index (χ3n) is 4.16. The predicted molar refractivity (Wildman–Crippen MR) is 75.9 cm³/mol. The molecule has 0 saturated heterocycles. The standard InChI is InChI=1S/C14H16INO/c15-12-5-3-10(4-6-12)14(17)16-13-8-9-1-2-11(13)7-9/h3-6,9,11,13H,1-2,7-8H2,(H,16,17)/t9-,11-,13-/m1/s1. The highest BCUT2D eigenvalue weighted by molar-refractivity contribution is 14.1. The summed E-state index contributed by atoms with van der Waals surface area (Å²) in [6.45, 7) is 0. The topological polar surface area (TPSA) is 29.1 Å². The largest absolute Gasteiger partial charge is 0.349 e. The molecule has 0 unspecified atom stereocenters. The zero-order valence-electron chi connectivity index (χ0n) is 9.66. The number of hydrogen-bond donors (Lipinski definition) is 1. The molecule has 0 radical (unpaired) electrons. The molecule has 1 amide bonds. The smallest absolute Gasteiger partial charge is 0.251 e. The molecule has 2 fully saturated rings. The van der Waals surface area contributed by atoms with Gasteiger partial charge in [-0.1, -0.05) is 6.42 Å². The van der Waals surface area contributed by atoms with Gasteiger partial charge in [0.15, 0.2) is 0 Å². The molecular formula is C14H16INO. The number of hydrogen-bond acceptors (Lipinski definition) is 1. The average molecular weight is 341 g/mol. The summed E-state index contributed by atoms with van der Waals surface area (Å²) < 4.78 is 1.17. The van der Waals surface area contributed by atoms with Crippen LogP contribution in [-0.2, 0) is 0 Å². The van der Waals surface area contributed by atoms with Gasteiger partial charge >= 0.3 is 0 Å². The molecule has 1 aromatic carbocycles. The number of nitrogens with one attached hydrogen (secondary N) is 1. The van der Waals surface area contributed by atoms with Crippen molar-refractivity contribution in [3.05, 3.63) is 33.4 Å². The quantitative estimate of drug-likeness (QED) is 0.823. The molecule has 90 valence electrons. The highest BCUT2D eigenvalue weighted by atomic mass is 127.